The molecule has 0 atom stereocenters. The van der Waals surface area contributed by atoms with Gasteiger partial charge in [0.1, 0.15) is 0 Å². The first-order valence-electron chi connectivity index (χ1n) is 15.7. The van der Waals surface area contributed by atoms with Crippen LogP contribution in [0.2, 0.25) is 0 Å². The highest BCUT2D eigenvalue weighted by Crippen LogP contribution is 2.11. The van der Waals surface area contributed by atoms with E-state index >= 15 is 0 Å². The van der Waals surface area contributed by atoms with Crippen molar-refractivity contribution in [1.29, 1.82) is 0 Å². The van der Waals surface area contributed by atoms with E-state index in [0.29, 0.717) is 6.42 Å². The monoisotopic (exact) mass is 509 g/mol. The number of unbranched alkanes of at least 4 members (excludes halogenated alkanes) is 17. The van der Waals surface area contributed by atoms with Crippen LogP contribution >= 0.6 is 0 Å². The summed E-state index contributed by atoms with van der Waals surface area (Å²) in [7, 11) is 6.86. The zero-order chi connectivity index (χ0) is 27.2. The van der Waals surface area contributed by atoms with Gasteiger partial charge in [0.25, 0.3) is 0 Å². The molecule has 0 rings (SSSR count). The summed E-state index contributed by atoms with van der Waals surface area (Å²) in [6.45, 7) is 5.85. The molecule has 0 unspecified atom stereocenters. The van der Waals surface area contributed by atoms with Crippen LogP contribution in [-0.4, -0.2) is 43.2 Å². The molecule has 0 aromatic rings. The molecule has 0 saturated carbocycles. The van der Waals surface area contributed by atoms with Crippen LogP contribution in [0, 0.1) is 0 Å². The summed E-state index contributed by atoms with van der Waals surface area (Å²) in [6.07, 6.45) is 36.7. The van der Waals surface area contributed by atoms with Crippen LogP contribution in [0.3, 0.4) is 0 Å². The number of carbonyl (C=O) groups is 1. The molecule has 3 heteroatoms. The zero-order valence-corrected chi connectivity index (χ0v) is 25.4. The van der Waals surface area contributed by atoms with Gasteiger partial charge in [-0.3, -0.25) is 4.79 Å². The first-order valence-corrected chi connectivity index (χ1v) is 15.7. The molecule has 36 heavy (non-hydrogen) atoms. The van der Waals surface area contributed by atoms with E-state index in [1.54, 1.807) is 0 Å². The fourth-order valence-corrected chi connectivity index (χ4v) is 4.16. The molecule has 0 aromatic heterocycles. The first kappa shape index (κ1) is 37.1. The van der Waals surface area contributed by atoms with Crippen molar-refractivity contribution in [3.8, 4) is 0 Å². The number of rotatable bonds is 25. The number of hydrogen-bond donors (Lipinski definition) is 1. The lowest BCUT2D eigenvalue weighted by molar-refractivity contribution is -0.870. The summed E-state index contributed by atoms with van der Waals surface area (Å²) >= 11 is 0. The SMILES string of the molecule is CCCCC/C=C\C/C=C\CCCCCCCC(=O)O.CCCCCCCCCCCC[N+](C)(C)C. The molecule has 0 radical (unpaired) electrons. The molecule has 0 aliphatic heterocycles. The van der Waals surface area contributed by atoms with Gasteiger partial charge in [0.2, 0.25) is 0 Å². The molecule has 0 aliphatic rings. The second-order valence-corrected chi connectivity index (χ2v) is 11.6. The highest BCUT2D eigenvalue weighted by Gasteiger charge is 2.04. The lowest BCUT2D eigenvalue weighted by Crippen LogP contribution is -2.35. The Balaban J connectivity index is 0. The van der Waals surface area contributed by atoms with Gasteiger partial charge in [-0.1, -0.05) is 122 Å². The number of hydrogen-bond acceptors (Lipinski definition) is 1. The summed E-state index contributed by atoms with van der Waals surface area (Å²) in [4.78, 5) is 10.3. The van der Waals surface area contributed by atoms with Crippen molar-refractivity contribution in [1.82, 2.24) is 0 Å². The number of quaternary nitrogens is 1. The van der Waals surface area contributed by atoms with Gasteiger partial charge in [-0.2, -0.15) is 0 Å². The van der Waals surface area contributed by atoms with Crippen molar-refractivity contribution in [2.75, 3.05) is 27.7 Å². The minimum Gasteiger partial charge on any atom is -0.481 e. The average Bonchev–Trinajstić information content (AvgIpc) is 2.82. The number of carboxylic acid groups (broad SMARTS) is 1. The molecule has 0 heterocycles. The van der Waals surface area contributed by atoms with Crippen molar-refractivity contribution < 1.29 is 14.4 Å². The lowest BCUT2D eigenvalue weighted by atomic mass is 10.1. The Hall–Kier alpha value is -1.09. The number of allylic oxidation sites excluding steroid dienone is 4. The van der Waals surface area contributed by atoms with Crippen molar-refractivity contribution in [2.24, 2.45) is 0 Å². The Bertz CT molecular complexity index is 490. The second-order valence-electron chi connectivity index (χ2n) is 11.6. The summed E-state index contributed by atoms with van der Waals surface area (Å²) in [5, 5.41) is 8.50. The molecular formula is C33H66NO2+. The predicted molar refractivity (Wildman–Crippen MR) is 162 cm³/mol. The van der Waals surface area contributed by atoms with Crippen LogP contribution in [0.25, 0.3) is 0 Å². The summed E-state index contributed by atoms with van der Waals surface area (Å²) in [6, 6.07) is 0. The Morgan fingerprint density at radius 1 is 0.556 bits per heavy atom. The minimum atomic E-state index is -0.671. The second kappa shape index (κ2) is 30.1. The van der Waals surface area contributed by atoms with E-state index in [-0.39, 0.29) is 0 Å². The van der Waals surface area contributed by atoms with E-state index < -0.39 is 5.97 Å². The highest BCUT2D eigenvalue weighted by atomic mass is 16.4. The molecule has 0 aliphatic carbocycles. The molecular weight excluding hydrogens is 442 g/mol. The Kier molecular flexibility index (Phi) is 31.0. The van der Waals surface area contributed by atoms with Gasteiger partial charge >= 0.3 is 5.97 Å². The van der Waals surface area contributed by atoms with Gasteiger partial charge in [0.15, 0.2) is 0 Å². The van der Waals surface area contributed by atoms with Crippen LogP contribution in [0.4, 0.5) is 0 Å². The molecule has 3 nitrogen and oxygen atoms in total. The van der Waals surface area contributed by atoms with Gasteiger partial charge in [-0.05, 0) is 51.4 Å². The molecule has 0 fully saturated rings. The number of carboxylic acids is 1. The molecule has 0 aromatic carbocycles. The Morgan fingerprint density at radius 2 is 0.944 bits per heavy atom. The maximum Gasteiger partial charge on any atom is 0.303 e. The van der Waals surface area contributed by atoms with Gasteiger partial charge in [0, 0.05) is 6.42 Å². The van der Waals surface area contributed by atoms with E-state index in [1.165, 1.54) is 116 Å². The van der Waals surface area contributed by atoms with Crippen LogP contribution in [0.15, 0.2) is 24.3 Å². The largest absolute Gasteiger partial charge is 0.481 e. The maximum atomic E-state index is 10.3. The fraction of sp³-hybridized carbons (Fsp3) is 0.848. The summed E-state index contributed by atoms with van der Waals surface area (Å²) in [5.41, 5.74) is 0. The third-order valence-electron chi connectivity index (χ3n) is 6.52. The molecule has 0 spiro atoms. The highest BCUT2D eigenvalue weighted by molar-refractivity contribution is 5.66. The fourth-order valence-electron chi connectivity index (χ4n) is 4.16. The van der Waals surface area contributed by atoms with E-state index in [4.69, 9.17) is 5.11 Å². The maximum absolute atomic E-state index is 10.3. The molecule has 0 bridgehead atoms. The number of nitrogens with zero attached hydrogens (tertiary/aromatic N) is 1. The first-order chi connectivity index (χ1) is 17.3. The van der Waals surface area contributed by atoms with Gasteiger partial charge in [-0.15, -0.1) is 0 Å². The van der Waals surface area contributed by atoms with Gasteiger partial charge in [0.05, 0.1) is 27.7 Å². The van der Waals surface area contributed by atoms with Crippen molar-refractivity contribution in [3.63, 3.8) is 0 Å². The summed E-state index contributed by atoms with van der Waals surface area (Å²) < 4.78 is 1.12. The normalized spacial score (nSPS) is 11.8. The van der Waals surface area contributed by atoms with E-state index in [2.05, 4.69) is 59.3 Å². The Morgan fingerprint density at radius 3 is 1.42 bits per heavy atom. The topological polar surface area (TPSA) is 37.3 Å². The quantitative estimate of drug-likeness (QED) is 0.0756. The zero-order valence-electron chi connectivity index (χ0n) is 25.4. The summed E-state index contributed by atoms with van der Waals surface area (Å²) in [5.74, 6) is -0.671. The van der Waals surface area contributed by atoms with Crippen LogP contribution in [0.1, 0.15) is 155 Å². The standard InChI is InChI=1S/C18H32O2.C15H34N/c1-2-3-4-5-6-7-8-9-10-11-12-13-14-15-16-17-18(19)20;1-5-6-7-8-9-10-11-12-13-14-15-16(2,3)4/h6-7,9-10H,2-5,8,11-17H2,1H3,(H,19,20);5-15H2,1-4H3/q;+1/b7-6-,10-9-;. The van der Waals surface area contributed by atoms with Crippen LogP contribution in [0.5, 0.6) is 0 Å². The van der Waals surface area contributed by atoms with Crippen LogP contribution < -0.4 is 0 Å². The van der Waals surface area contributed by atoms with E-state index in [9.17, 15) is 4.79 Å². The van der Waals surface area contributed by atoms with Crippen molar-refractivity contribution in [2.45, 2.75) is 155 Å². The molecule has 0 amide bonds. The van der Waals surface area contributed by atoms with E-state index in [0.717, 1.165) is 30.2 Å². The third-order valence-corrected chi connectivity index (χ3v) is 6.52. The Labute approximate surface area is 227 Å². The average molecular weight is 509 g/mol. The molecule has 214 valence electrons. The van der Waals surface area contributed by atoms with Gasteiger partial charge < -0.3 is 9.59 Å². The predicted octanol–water partition coefficient (Wildman–Crippen LogP) is 10.5. The lowest BCUT2D eigenvalue weighted by Gasteiger charge is -2.23. The minimum absolute atomic E-state index is 0.324. The third kappa shape index (κ3) is 40.1. The molecule has 1 N–H and O–H groups in total. The molecule has 0 saturated heterocycles. The van der Waals surface area contributed by atoms with Gasteiger partial charge in [-0.25, -0.2) is 0 Å². The van der Waals surface area contributed by atoms with Crippen LogP contribution in [-0.2, 0) is 4.79 Å². The number of aliphatic carboxylic acids is 1. The smallest absolute Gasteiger partial charge is 0.303 e. The van der Waals surface area contributed by atoms with Crippen molar-refractivity contribution >= 4 is 5.97 Å². The van der Waals surface area contributed by atoms with Crippen molar-refractivity contribution in [3.05, 3.63) is 24.3 Å². The van der Waals surface area contributed by atoms with E-state index in [1.807, 2.05) is 0 Å².